The summed E-state index contributed by atoms with van der Waals surface area (Å²) < 4.78 is 171. The molecule has 15 nitrogen and oxygen atoms in total. The monoisotopic (exact) mass is 1050 g/mol. The van der Waals surface area contributed by atoms with Crippen molar-refractivity contribution >= 4 is 53.2 Å². The minimum absolute atomic E-state index is 0.116. The zero-order valence-electron chi connectivity index (χ0n) is 39.2. The molecule has 23 heteroatoms. The molecule has 382 valence electrons. The number of aryl methyl sites for hydroxylation is 2. The highest BCUT2D eigenvalue weighted by molar-refractivity contribution is 7.93. The molecule has 0 aliphatic rings. The Morgan fingerprint density at radius 2 is 0.877 bits per heavy atom. The molecular weight excluding hydrogens is 1010 g/mol. The Bertz CT molecular complexity index is 3560. The fraction of sp³-hybridized carbons (Fsp3) is 0.160. The molecule has 0 spiro atoms. The van der Waals surface area contributed by atoms with Crippen LogP contribution in [0.3, 0.4) is 0 Å². The molecule has 0 radical (unpaired) electrons. The molecule has 2 heterocycles. The van der Waals surface area contributed by atoms with Gasteiger partial charge >= 0.3 is 12.5 Å². The molecule has 0 unspecified atom stereocenters. The summed E-state index contributed by atoms with van der Waals surface area (Å²) in [7, 11) is -2.85. The van der Waals surface area contributed by atoms with Gasteiger partial charge in [0.2, 0.25) is 0 Å². The van der Waals surface area contributed by atoms with Gasteiger partial charge in [0.1, 0.15) is 33.6 Å². The average molecular weight is 1050 g/mol. The van der Waals surface area contributed by atoms with Gasteiger partial charge in [0.05, 0.1) is 61.3 Å². The van der Waals surface area contributed by atoms with Crippen molar-refractivity contribution in [3.8, 4) is 51.7 Å². The van der Waals surface area contributed by atoms with Crippen LogP contribution in [0.25, 0.3) is 21.8 Å². The Morgan fingerprint density at radius 3 is 1.30 bits per heavy atom. The molecule has 73 heavy (non-hydrogen) atoms. The maximum Gasteiger partial charge on any atom is 0.573 e. The molecular formula is C50H42F6N4O11S2. The lowest BCUT2D eigenvalue weighted by atomic mass is 10.1. The summed E-state index contributed by atoms with van der Waals surface area (Å²) in [6.07, 6.45) is -6.73. The highest BCUT2D eigenvalue weighted by atomic mass is 32.2. The van der Waals surface area contributed by atoms with E-state index in [-0.39, 0.29) is 11.4 Å². The normalized spacial score (nSPS) is 11.8. The SMILES string of the molecule is COc1cc2nccc(Oc3ccc(NS(=O)(=O)c4ccccc4C(F)(F)F)c(C)c3)c2cc1OC.COc1cc2nccc(Oc3ccc(NS(=O)(=O)c4ccccc4OC(F)(F)F)c(C)c3)c2cc1OC. The van der Waals surface area contributed by atoms with Crippen LogP contribution in [0.5, 0.6) is 51.7 Å². The van der Waals surface area contributed by atoms with Gasteiger partial charge in [0.15, 0.2) is 23.0 Å². The third-order valence-electron chi connectivity index (χ3n) is 10.6. The lowest BCUT2D eigenvalue weighted by Gasteiger charge is -2.16. The third kappa shape index (κ3) is 12.3. The summed E-state index contributed by atoms with van der Waals surface area (Å²) in [4.78, 5) is 7.14. The van der Waals surface area contributed by atoms with Crippen LogP contribution in [0.1, 0.15) is 16.7 Å². The van der Waals surface area contributed by atoms with E-state index in [1.807, 2.05) is 0 Å². The number of pyridine rings is 2. The zero-order chi connectivity index (χ0) is 52.9. The highest BCUT2D eigenvalue weighted by Gasteiger charge is 2.37. The van der Waals surface area contributed by atoms with Crippen molar-refractivity contribution in [3.05, 3.63) is 150 Å². The number of halogens is 6. The van der Waals surface area contributed by atoms with Crippen molar-refractivity contribution in [2.75, 3.05) is 37.9 Å². The second kappa shape index (κ2) is 21.3. The first-order valence-corrected chi connectivity index (χ1v) is 24.2. The largest absolute Gasteiger partial charge is 0.573 e. The number of ether oxygens (including phenoxy) is 7. The predicted molar refractivity (Wildman–Crippen MR) is 258 cm³/mol. The van der Waals surface area contributed by atoms with Crippen molar-refractivity contribution in [2.24, 2.45) is 0 Å². The summed E-state index contributed by atoms with van der Waals surface area (Å²) in [6, 6.07) is 27.8. The van der Waals surface area contributed by atoms with Crippen LogP contribution in [0.4, 0.5) is 37.7 Å². The van der Waals surface area contributed by atoms with Crippen molar-refractivity contribution in [3.63, 3.8) is 0 Å². The van der Waals surface area contributed by atoms with Crippen LogP contribution in [0.2, 0.25) is 0 Å². The van der Waals surface area contributed by atoms with E-state index in [0.29, 0.717) is 78.9 Å². The van der Waals surface area contributed by atoms with Crippen molar-refractivity contribution < 1.29 is 76.3 Å². The average Bonchev–Trinajstić information content (AvgIpc) is 3.34. The maximum atomic E-state index is 13.3. The molecule has 8 rings (SSSR count). The number of sulfonamides is 2. The van der Waals surface area contributed by atoms with Gasteiger partial charge in [-0.1, -0.05) is 24.3 Å². The molecule has 2 aromatic heterocycles. The van der Waals surface area contributed by atoms with Gasteiger partial charge in [-0.05, 0) is 110 Å². The highest BCUT2D eigenvalue weighted by Crippen LogP contribution is 2.41. The van der Waals surface area contributed by atoms with Crippen LogP contribution >= 0.6 is 0 Å². The van der Waals surface area contributed by atoms with Gasteiger partial charge < -0.3 is 33.2 Å². The topological polar surface area (TPSA) is 183 Å². The first-order valence-electron chi connectivity index (χ1n) is 21.2. The standard InChI is InChI=1S/C25H21F3N2O6S.C25H21F3N2O5S/c1-15-12-16(35-20-10-11-29-19-14-23(34-3)22(33-2)13-17(19)20)8-9-18(15)30-37(31,32)24-7-5-4-6-21(24)36-25(26,27)28;1-15-12-16(35-21-10-11-29-20-14-23(34-3)22(33-2)13-17(20)21)8-9-19(15)30-36(31,32)24-7-5-4-6-18(24)25(26,27)28/h4-14,30H,1-3H3;4-14,30H,1-3H3. The Hall–Kier alpha value is -8.18. The Labute approximate surface area is 414 Å². The summed E-state index contributed by atoms with van der Waals surface area (Å²) in [6.45, 7) is 3.24. The number of aromatic nitrogens is 2. The molecule has 0 bridgehead atoms. The number of nitrogens with one attached hydrogen (secondary N) is 2. The minimum atomic E-state index is -5.05. The number of methoxy groups -OCH3 is 4. The fourth-order valence-electron chi connectivity index (χ4n) is 7.17. The number of para-hydroxylation sites is 1. The second-order valence-corrected chi connectivity index (χ2v) is 18.7. The number of benzene rings is 6. The number of alkyl halides is 6. The van der Waals surface area contributed by atoms with Crippen LogP contribution in [0.15, 0.2) is 144 Å². The number of rotatable bonds is 15. The second-order valence-electron chi connectivity index (χ2n) is 15.4. The summed E-state index contributed by atoms with van der Waals surface area (Å²) in [5, 5.41) is 1.31. The Kier molecular flexibility index (Phi) is 15.3. The summed E-state index contributed by atoms with van der Waals surface area (Å²) >= 11 is 0. The van der Waals surface area contributed by atoms with E-state index in [1.54, 1.807) is 74.8 Å². The first-order chi connectivity index (χ1) is 34.5. The van der Waals surface area contributed by atoms with Gasteiger partial charge in [-0.3, -0.25) is 19.4 Å². The molecule has 0 atom stereocenters. The smallest absolute Gasteiger partial charge is 0.493 e. The van der Waals surface area contributed by atoms with Crippen LogP contribution in [0, 0.1) is 13.8 Å². The molecule has 0 amide bonds. The zero-order valence-corrected chi connectivity index (χ0v) is 40.8. The van der Waals surface area contributed by atoms with Crippen molar-refractivity contribution in [2.45, 2.75) is 36.2 Å². The van der Waals surface area contributed by atoms with Crippen LogP contribution in [-0.2, 0) is 26.2 Å². The number of anilines is 2. The molecule has 6 aromatic carbocycles. The summed E-state index contributed by atoms with van der Waals surface area (Å²) in [5.41, 5.74) is 1.15. The Morgan fingerprint density at radius 1 is 0.466 bits per heavy atom. The first kappa shape index (κ1) is 52.6. The summed E-state index contributed by atoms with van der Waals surface area (Å²) in [5.74, 6) is 2.87. The van der Waals surface area contributed by atoms with E-state index < -0.39 is 53.7 Å². The molecule has 0 fully saturated rings. The fourth-order valence-corrected chi connectivity index (χ4v) is 9.79. The molecule has 0 aliphatic heterocycles. The van der Waals surface area contributed by atoms with Crippen LogP contribution in [-0.4, -0.2) is 61.6 Å². The molecule has 0 saturated heterocycles. The third-order valence-corrected chi connectivity index (χ3v) is 13.4. The predicted octanol–water partition coefficient (Wildman–Crippen LogP) is 12.2. The molecule has 0 aliphatic carbocycles. The number of nitrogens with zero attached hydrogens (tertiary/aromatic N) is 2. The lowest BCUT2D eigenvalue weighted by molar-refractivity contribution is -0.275. The van der Waals surface area contributed by atoms with E-state index in [2.05, 4.69) is 24.1 Å². The van der Waals surface area contributed by atoms with E-state index >= 15 is 0 Å². The van der Waals surface area contributed by atoms with Crippen LogP contribution < -0.4 is 42.6 Å². The number of hydrogen-bond donors (Lipinski definition) is 2. The van der Waals surface area contributed by atoms with E-state index in [4.69, 9.17) is 28.4 Å². The maximum absolute atomic E-state index is 13.3. The molecule has 8 aromatic rings. The number of hydrogen-bond acceptors (Lipinski definition) is 13. The van der Waals surface area contributed by atoms with E-state index in [9.17, 15) is 43.2 Å². The number of fused-ring (bicyclic) bond motifs is 2. The van der Waals surface area contributed by atoms with E-state index in [1.165, 1.54) is 70.9 Å². The van der Waals surface area contributed by atoms with Gasteiger partial charge in [0.25, 0.3) is 20.0 Å². The van der Waals surface area contributed by atoms with Gasteiger partial charge in [-0.15, -0.1) is 13.2 Å². The van der Waals surface area contributed by atoms with Gasteiger partial charge in [0, 0.05) is 35.3 Å². The van der Waals surface area contributed by atoms with Gasteiger partial charge in [-0.2, -0.15) is 13.2 Å². The molecule has 2 N–H and O–H groups in total. The van der Waals surface area contributed by atoms with Crippen molar-refractivity contribution in [1.82, 2.24) is 9.97 Å². The van der Waals surface area contributed by atoms with Gasteiger partial charge in [-0.25, -0.2) is 16.8 Å². The quantitative estimate of drug-likeness (QED) is 0.0926. The molecule has 0 saturated carbocycles. The van der Waals surface area contributed by atoms with E-state index in [0.717, 1.165) is 30.3 Å². The minimum Gasteiger partial charge on any atom is -0.493 e. The lowest BCUT2D eigenvalue weighted by Crippen LogP contribution is -2.21. The Balaban J connectivity index is 0.000000214. The van der Waals surface area contributed by atoms with Crippen molar-refractivity contribution in [1.29, 1.82) is 0 Å².